The molecule has 1 saturated carbocycles. The van der Waals surface area contributed by atoms with Crippen LogP contribution in [0, 0.1) is 11.8 Å². The number of hydrogen-bond acceptors (Lipinski definition) is 4. The fourth-order valence-electron chi connectivity index (χ4n) is 2.81. The van der Waals surface area contributed by atoms with E-state index in [0.29, 0.717) is 24.0 Å². The van der Waals surface area contributed by atoms with Gasteiger partial charge in [0.25, 0.3) is 11.8 Å². The van der Waals surface area contributed by atoms with Crippen LogP contribution in [0.5, 0.6) is 5.88 Å². The normalized spacial score (nSPS) is 23.1. The smallest absolute Gasteiger partial charge is 0.256 e. The summed E-state index contributed by atoms with van der Waals surface area (Å²) in [5, 5.41) is 0. The summed E-state index contributed by atoms with van der Waals surface area (Å²) in [6.07, 6.45) is 3.32. The van der Waals surface area contributed by atoms with Crippen LogP contribution in [-0.2, 0) is 4.74 Å². The molecular weight excluding hydrogens is 318 g/mol. The van der Waals surface area contributed by atoms with Crippen LogP contribution in [0.1, 0.15) is 29.6 Å². The fraction of sp³-hybridized carbons (Fsp3) is 0.647. The highest BCUT2D eigenvalue weighted by molar-refractivity contribution is 5.94. The Bertz CT molecular complexity index is 576. The van der Waals surface area contributed by atoms with E-state index in [-0.39, 0.29) is 32.0 Å². The molecule has 0 bridgehead atoms. The minimum absolute atomic E-state index is 0.00251. The second kappa shape index (κ2) is 7.01. The molecule has 1 unspecified atom stereocenters. The lowest BCUT2D eigenvalue weighted by Gasteiger charge is -2.38. The van der Waals surface area contributed by atoms with Crippen LogP contribution < -0.4 is 4.74 Å². The Morgan fingerprint density at radius 1 is 1.38 bits per heavy atom. The monoisotopic (exact) mass is 340 g/mol. The number of rotatable bonds is 6. The maximum Gasteiger partial charge on any atom is 0.256 e. The van der Waals surface area contributed by atoms with Crippen molar-refractivity contribution in [3.63, 3.8) is 0 Å². The third-order valence-electron chi connectivity index (χ3n) is 4.60. The average molecular weight is 340 g/mol. The van der Waals surface area contributed by atoms with Crippen molar-refractivity contribution in [1.29, 1.82) is 0 Å². The van der Waals surface area contributed by atoms with Crippen molar-refractivity contribution in [2.24, 2.45) is 11.8 Å². The van der Waals surface area contributed by atoms with E-state index in [1.807, 2.05) is 0 Å². The Labute approximate surface area is 139 Å². The minimum Gasteiger partial charge on any atom is -0.481 e. The highest BCUT2D eigenvalue weighted by atomic mass is 19.3. The summed E-state index contributed by atoms with van der Waals surface area (Å²) < 4.78 is 38.6. The summed E-state index contributed by atoms with van der Waals surface area (Å²) in [4.78, 5) is 18.0. The Balaban J connectivity index is 1.60. The second-order valence-corrected chi connectivity index (χ2v) is 6.53. The lowest BCUT2D eigenvalue weighted by molar-refractivity contribution is -0.122. The van der Waals surface area contributed by atoms with Gasteiger partial charge in [0.1, 0.15) is 0 Å². The van der Waals surface area contributed by atoms with Crippen molar-refractivity contribution >= 4 is 5.91 Å². The molecule has 1 atom stereocenters. The van der Waals surface area contributed by atoms with Gasteiger partial charge < -0.3 is 14.4 Å². The lowest BCUT2D eigenvalue weighted by Crippen LogP contribution is -2.51. The lowest BCUT2D eigenvalue weighted by atomic mass is 9.93. The van der Waals surface area contributed by atoms with Crippen molar-refractivity contribution in [2.45, 2.75) is 25.2 Å². The third-order valence-corrected chi connectivity index (χ3v) is 4.60. The summed E-state index contributed by atoms with van der Waals surface area (Å²) in [5.41, 5.74) is 0.374. The molecule has 0 N–H and O–H groups in total. The number of carbonyl (C=O) groups is 1. The van der Waals surface area contributed by atoms with Crippen molar-refractivity contribution in [3.8, 4) is 5.88 Å². The van der Waals surface area contributed by atoms with E-state index < -0.39 is 11.8 Å². The van der Waals surface area contributed by atoms with Crippen molar-refractivity contribution in [3.05, 3.63) is 23.9 Å². The zero-order valence-corrected chi connectivity index (χ0v) is 13.7. The summed E-state index contributed by atoms with van der Waals surface area (Å²) in [6, 6.07) is 3.18. The molecule has 5 nitrogen and oxygen atoms in total. The SMILES string of the molecule is COc1ccc(C(=O)N2CCC(F)(F)C(COCC3CC3)C2)cn1. The molecule has 3 rings (SSSR count). The molecule has 0 spiro atoms. The summed E-state index contributed by atoms with van der Waals surface area (Å²) in [5.74, 6) is -3.10. The maximum atomic E-state index is 14.1. The Hall–Kier alpha value is -1.76. The van der Waals surface area contributed by atoms with Gasteiger partial charge in [-0.1, -0.05) is 0 Å². The van der Waals surface area contributed by atoms with E-state index in [0.717, 1.165) is 12.8 Å². The molecule has 1 amide bonds. The first-order chi connectivity index (χ1) is 11.5. The van der Waals surface area contributed by atoms with Crippen LogP contribution in [0.25, 0.3) is 0 Å². The minimum atomic E-state index is -2.79. The fourth-order valence-corrected chi connectivity index (χ4v) is 2.81. The first-order valence-electron chi connectivity index (χ1n) is 8.24. The zero-order valence-electron chi connectivity index (χ0n) is 13.7. The molecule has 1 saturated heterocycles. The molecule has 1 aliphatic heterocycles. The van der Waals surface area contributed by atoms with Gasteiger partial charge in [0.15, 0.2) is 0 Å². The van der Waals surface area contributed by atoms with Gasteiger partial charge in [-0.3, -0.25) is 4.79 Å². The average Bonchev–Trinajstić information content (AvgIpc) is 3.40. The maximum absolute atomic E-state index is 14.1. The zero-order chi connectivity index (χ0) is 17.2. The van der Waals surface area contributed by atoms with E-state index in [1.54, 1.807) is 12.1 Å². The van der Waals surface area contributed by atoms with E-state index >= 15 is 0 Å². The van der Waals surface area contributed by atoms with Gasteiger partial charge in [0.2, 0.25) is 5.88 Å². The molecule has 0 aromatic carbocycles. The van der Waals surface area contributed by atoms with E-state index in [2.05, 4.69) is 4.98 Å². The number of carbonyl (C=O) groups excluding carboxylic acids is 1. The molecule has 0 radical (unpaired) electrons. The molecule has 1 aromatic heterocycles. The van der Waals surface area contributed by atoms with Crippen LogP contribution in [0.4, 0.5) is 8.78 Å². The van der Waals surface area contributed by atoms with Gasteiger partial charge in [-0.2, -0.15) is 0 Å². The number of hydrogen-bond donors (Lipinski definition) is 0. The number of nitrogens with zero attached hydrogens (tertiary/aromatic N) is 2. The number of methoxy groups -OCH3 is 1. The van der Waals surface area contributed by atoms with Gasteiger partial charge in [0.05, 0.1) is 25.2 Å². The number of piperidine rings is 1. The summed E-state index contributed by atoms with van der Waals surface area (Å²) in [6.45, 7) is 0.580. The van der Waals surface area contributed by atoms with Gasteiger partial charge in [-0.15, -0.1) is 0 Å². The van der Waals surface area contributed by atoms with Crippen LogP contribution in [0.3, 0.4) is 0 Å². The molecule has 2 aliphatic rings. The van der Waals surface area contributed by atoms with Gasteiger partial charge in [-0.05, 0) is 24.8 Å². The molecule has 2 fully saturated rings. The highest BCUT2D eigenvalue weighted by Gasteiger charge is 2.45. The first kappa shape index (κ1) is 17.1. The quantitative estimate of drug-likeness (QED) is 0.799. The number of halogens is 2. The predicted octanol–water partition coefficient (Wildman–Crippen LogP) is 2.61. The summed E-state index contributed by atoms with van der Waals surface area (Å²) >= 11 is 0. The predicted molar refractivity (Wildman–Crippen MR) is 83.3 cm³/mol. The molecule has 24 heavy (non-hydrogen) atoms. The van der Waals surface area contributed by atoms with Gasteiger partial charge in [0, 0.05) is 38.4 Å². The van der Waals surface area contributed by atoms with Crippen LogP contribution in [-0.4, -0.2) is 55.1 Å². The van der Waals surface area contributed by atoms with Crippen molar-refractivity contribution < 1.29 is 23.0 Å². The van der Waals surface area contributed by atoms with E-state index in [9.17, 15) is 13.6 Å². The van der Waals surface area contributed by atoms with Crippen LogP contribution in [0.2, 0.25) is 0 Å². The Morgan fingerprint density at radius 2 is 2.17 bits per heavy atom. The Kier molecular flexibility index (Phi) is 4.99. The molecule has 7 heteroatoms. The first-order valence-corrected chi connectivity index (χ1v) is 8.24. The van der Waals surface area contributed by atoms with Crippen molar-refractivity contribution in [2.75, 3.05) is 33.4 Å². The largest absolute Gasteiger partial charge is 0.481 e. The van der Waals surface area contributed by atoms with Gasteiger partial charge >= 0.3 is 0 Å². The number of amides is 1. The Morgan fingerprint density at radius 3 is 2.79 bits per heavy atom. The number of ether oxygens (including phenoxy) is 2. The standard InChI is InChI=1S/C17H22F2N2O3/c1-23-15-5-4-13(8-20-15)16(22)21-7-6-17(18,19)14(9-21)11-24-10-12-2-3-12/h4-5,8,12,14H,2-3,6-7,9-11H2,1H3. The van der Waals surface area contributed by atoms with Gasteiger partial charge in [-0.25, -0.2) is 13.8 Å². The van der Waals surface area contributed by atoms with E-state index in [1.165, 1.54) is 18.2 Å². The summed E-state index contributed by atoms with van der Waals surface area (Å²) in [7, 11) is 1.49. The van der Waals surface area contributed by atoms with Crippen LogP contribution in [0.15, 0.2) is 18.3 Å². The number of likely N-dealkylation sites (tertiary alicyclic amines) is 1. The molecule has 2 heterocycles. The molecule has 1 aliphatic carbocycles. The number of pyridine rings is 1. The number of aromatic nitrogens is 1. The highest BCUT2D eigenvalue weighted by Crippen LogP contribution is 2.35. The van der Waals surface area contributed by atoms with Crippen molar-refractivity contribution in [1.82, 2.24) is 9.88 Å². The van der Waals surface area contributed by atoms with Crippen LogP contribution >= 0.6 is 0 Å². The van der Waals surface area contributed by atoms with E-state index in [4.69, 9.17) is 9.47 Å². The molecular formula is C17H22F2N2O3. The molecule has 132 valence electrons. The second-order valence-electron chi connectivity index (χ2n) is 6.53. The molecule has 1 aromatic rings. The number of alkyl halides is 2. The third kappa shape index (κ3) is 4.01. The topological polar surface area (TPSA) is 51.7 Å².